The lowest BCUT2D eigenvalue weighted by Crippen LogP contribution is -2.41. The molecule has 0 saturated carbocycles. The Labute approximate surface area is 159 Å². The minimum Gasteiger partial charge on any atom is -0.413 e. The van der Waals surface area contributed by atoms with Crippen LogP contribution in [0.4, 0.5) is 0 Å². The number of rotatable bonds is 6. The van der Waals surface area contributed by atoms with Gasteiger partial charge >= 0.3 is 0 Å². The summed E-state index contributed by atoms with van der Waals surface area (Å²) in [6, 6.07) is 9.86. The first-order valence-corrected chi connectivity index (χ1v) is 12.3. The van der Waals surface area contributed by atoms with Crippen LogP contribution in [0.15, 0.2) is 42.0 Å². The second-order valence-corrected chi connectivity index (χ2v) is 13.4. The van der Waals surface area contributed by atoms with Crippen molar-refractivity contribution in [3.8, 4) is 0 Å². The predicted molar refractivity (Wildman–Crippen MR) is 108 cm³/mol. The Morgan fingerprint density at radius 3 is 2.58 bits per heavy atom. The number of aliphatic hydroxyl groups excluding tert-OH is 1. The van der Waals surface area contributed by atoms with Crippen molar-refractivity contribution >= 4 is 8.32 Å². The molecule has 4 nitrogen and oxygen atoms in total. The van der Waals surface area contributed by atoms with Crippen LogP contribution in [-0.2, 0) is 13.9 Å². The van der Waals surface area contributed by atoms with Crippen LogP contribution in [-0.4, -0.2) is 38.8 Å². The van der Waals surface area contributed by atoms with E-state index in [1.165, 1.54) is 0 Å². The van der Waals surface area contributed by atoms with Crippen LogP contribution in [0.3, 0.4) is 0 Å². The van der Waals surface area contributed by atoms with Crippen molar-refractivity contribution in [2.45, 2.75) is 70.7 Å². The predicted octanol–water partition coefficient (Wildman–Crippen LogP) is 4.82. The fourth-order valence-electron chi connectivity index (χ4n) is 2.59. The summed E-state index contributed by atoms with van der Waals surface area (Å²) >= 11 is 0. The van der Waals surface area contributed by atoms with Crippen molar-refractivity contribution in [1.82, 2.24) is 0 Å². The second-order valence-electron chi connectivity index (χ2n) is 8.54. The van der Waals surface area contributed by atoms with Crippen molar-refractivity contribution in [1.29, 1.82) is 0 Å². The summed E-state index contributed by atoms with van der Waals surface area (Å²) in [7, 11) is -1.78. The zero-order valence-corrected chi connectivity index (χ0v) is 18.0. The Hall–Kier alpha value is -0.983. The fourth-order valence-corrected chi connectivity index (χ4v) is 3.52. The molecule has 146 valence electrons. The molecule has 5 heteroatoms. The summed E-state index contributed by atoms with van der Waals surface area (Å²) in [6.07, 6.45) is 1.34. The zero-order valence-electron chi connectivity index (χ0n) is 17.0. The normalized spacial score (nSPS) is 23.7. The molecule has 0 amide bonds. The van der Waals surface area contributed by atoms with Gasteiger partial charge in [0, 0.05) is 12.0 Å². The van der Waals surface area contributed by atoms with E-state index in [2.05, 4.69) is 33.9 Å². The van der Waals surface area contributed by atoms with E-state index in [1.54, 1.807) is 0 Å². The molecular weight excluding hydrogens is 344 g/mol. The lowest BCUT2D eigenvalue weighted by molar-refractivity contribution is -0.233. The first-order valence-electron chi connectivity index (χ1n) is 9.42. The second kappa shape index (κ2) is 8.80. The molecule has 1 fully saturated rings. The zero-order chi connectivity index (χ0) is 19.4. The summed E-state index contributed by atoms with van der Waals surface area (Å²) in [5.41, 5.74) is 1.87. The molecule has 26 heavy (non-hydrogen) atoms. The van der Waals surface area contributed by atoms with Gasteiger partial charge in [-0.3, -0.25) is 0 Å². The fraction of sp³-hybridized carbons (Fsp3) is 0.619. The summed E-state index contributed by atoms with van der Waals surface area (Å²) in [6.45, 7) is 14.2. The van der Waals surface area contributed by atoms with Crippen molar-refractivity contribution in [2.75, 3.05) is 13.2 Å². The molecule has 1 aliphatic rings. The van der Waals surface area contributed by atoms with Crippen LogP contribution >= 0.6 is 0 Å². The highest BCUT2D eigenvalue weighted by Crippen LogP contribution is 2.36. The summed E-state index contributed by atoms with van der Waals surface area (Å²) in [5, 5.41) is 10.9. The van der Waals surface area contributed by atoms with Gasteiger partial charge in [-0.05, 0) is 30.6 Å². The van der Waals surface area contributed by atoms with E-state index in [4.69, 9.17) is 13.9 Å². The highest BCUT2D eigenvalue weighted by Gasteiger charge is 2.37. The van der Waals surface area contributed by atoms with Crippen LogP contribution in [0, 0.1) is 0 Å². The lowest BCUT2D eigenvalue weighted by atomic mass is 10.0. The maximum atomic E-state index is 10.7. The number of benzene rings is 1. The average molecular weight is 379 g/mol. The summed E-state index contributed by atoms with van der Waals surface area (Å²) < 4.78 is 17.9. The van der Waals surface area contributed by atoms with E-state index < -0.39 is 20.7 Å². The monoisotopic (exact) mass is 378 g/mol. The lowest BCUT2D eigenvalue weighted by Gasteiger charge is -2.36. The third-order valence-electron chi connectivity index (χ3n) is 5.52. The van der Waals surface area contributed by atoms with Gasteiger partial charge in [-0.2, -0.15) is 0 Å². The first-order chi connectivity index (χ1) is 12.1. The van der Waals surface area contributed by atoms with Gasteiger partial charge in [-0.25, -0.2) is 0 Å². The number of hydrogen-bond donors (Lipinski definition) is 1. The molecule has 1 heterocycles. The van der Waals surface area contributed by atoms with Crippen LogP contribution in [0.25, 0.3) is 0 Å². The maximum absolute atomic E-state index is 10.7. The standard InChI is InChI=1S/C21H34O4Si/c1-16(12-15-24-26(5,6)21(2,3)4)19(22)18-13-14-23-20(25-18)17-10-8-7-9-11-17/h7-12,18-20,22H,13-15H2,1-6H3/b16-12+/t18-,19+,20-/m0/s1. The van der Waals surface area contributed by atoms with Gasteiger partial charge < -0.3 is 19.0 Å². The van der Waals surface area contributed by atoms with E-state index in [1.807, 2.05) is 43.3 Å². The molecule has 0 spiro atoms. The molecule has 1 aliphatic heterocycles. The third kappa shape index (κ3) is 5.51. The smallest absolute Gasteiger partial charge is 0.192 e. The molecule has 0 aliphatic carbocycles. The number of ether oxygens (including phenoxy) is 2. The van der Waals surface area contributed by atoms with Crippen LogP contribution in [0.1, 0.15) is 46.0 Å². The highest BCUT2D eigenvalue weighted by atomic mass is 28.4. The minimum absolute atomic E-state index is 0.181. The number of hydrogen-bond acceptors (Lipinski definition) is 4. The van der Waals surface area contributed by atoms with Gasteiger partial charge in [0.05, 0.1) is 19.3 Å². The quantitative estimate of drug-likeness (QED) is 0.569. The van der Waals surface area contributed by atoms with Crippen LogP contribution in [0.2, 0.25) is 18.1 Å². The molecule has 2 rings (SSSR count). The van der Waals surface area contributed by atoms with Crippen molar-refractivity contribution in [3.05, 3.63) is 47.5 Å². The van der Waals surface area contributed by atoms with Gasteiger partial charge in [-0.1, -0.05) is 57.2 Å². The molecule has 1 saturated heterocycles. The molecule has 0 bridgehead atoms. The Bertz CT molecular complexity index is 592. The molecule has 1 N–H and O–H groups in total. The van der Waals surface area contributed by atoms with Crippen LogP contribution in [0.5, 0.6) is 0 Å². The Morgan fingerprint density at radius 1 is 1.31 bits per heavy atom. The Morgan fingerprint density at radius 2 is 1.96 bits per heavy atom. The van der Waals surface area contributed by atoms with Gasteiger partial charge in [0.25, 0.3) is 0 Å². The summed E-state index contributed by atoms with van der Waals surface area (Å²) in [5.74, 6) is 0. The average Bonchev–Trinajstić information content (AvgIpc) is 2.60. The van der Waals surface area contributed by atoms with Crippen molar-refractivity contribution in [2.24, 2.45) is 0 Å². The summed E-state index contributed by atoms with van der Waals surface area (Å²) in [4.78, 5) is 0. The van der Waals surface area contributed by atoms with E-state index in [9.17, 15) is 5.11 Å². The SMILES string of the molecule is C/C(=C\CO[Si](C)(C)C(C)(C)C)[C@@H](O)[C@@H]1CCO[C@H](c2ccccc2)O1. The van der Waals surface area contributed by atoms with E-state index >= 15 is 0 Å². The maximum Gasteiger partial charge on any atom is 0.192 e. The van der Waals surface area contributed by atoms with Crippen molar-refractivity contribution in [3.63, 3.8) is 0 Å². The first kappa shape index (κ1) is 21.3. The van der Waals surface area contributed by atoms with Crippen molar-refractivity contribution < 1.29 is 19.0 Å². The molecule has 0 radical (unpaired) electrons. The molecule has 3 atom stereocenters. The Balaban J connectivity index is 1.93. The van der Waals surface area contributed by atoms with E-state index in [-0.39, 0.29) is 11.1 Å². The highest BCUT2D eigenvalue weighted by molar-refractivity contribution is 6.74. The number of aliphatic hydroxyl groups is 1. The Kier molecular flexibility index (Phi) is 7.22. The van der Waals surface area contributed by atoms with E-state index in [0.29, 0.717) is 19.6 Å². The molecular formula is C21H34O4Si. The molecule has 1 aromatic carbocycles. The largest absolute Gasteiger partial charge is 0.413 e. The third-order valence-corrected chi connectivity index (χ3v) is 10.0. The van der Waals surface area contributed by atoms with Crippen LogP contribution < -0.4 is 0 Å². The van der Waals surface area contributed by atoms with Gasteiger partial charge in [0.2, 0.25) is 0 Å². The molecule has 1 aromatic rings. The topological polar surface area (TPSA) is 47.9 Å². The molecule has 0 unspecified atom stereocenters. The minimum atomic E-state index is -1.78. The van der Waals surface area contributed by atoms with Gasteiger partial charge in [0.15, 0.2) is 14.6 Å². The van der Waals surface area contributed by atoms with Gasteiger partial charge in [0.1, 0.15) is 6.10 Å². The van der Waals surface area contributed by atoms with E-state index in [0.717, 1.165) is 11.1 Å². The molecule has 0 aromatic heterocycles. The van der Waals surface area contributed by atoms with Gasteiger partial charge in [-0.15, -0.1) is 0 Å².